The monoisotopic (exact) mass is 428 g/mol. The van der Waals surface area contributed by atoms with E-state index in [0.29, 0.717) is 18.2 Å². The number of rotatable bonds is 7. The standard InChI is InChI=1S/C24H31FN4O2/c1-17(2)19-4-8-22(9-5-19)27-24(31)18(3)29-14-12-28(13-15-29)16-23(30)26-21-10-6-20(25)7-11-21/h4-11,17-18H,12-16H2,1-3H3,(H,26,30)(H,27,31)/p+2/t18-/m0/s1. The zero-order valence-corrected chi connectivity index (χ0v) is 18.5. The van der Waals surface area contributed by atoms with Gasteiger partial charge >= 0.3 is 0 Å². The highest BCUT2D eigenvalue weighted by atomic mass is 19.1. The fourth-order valence-electron chi connectivity index (χ4n) is 3.89. The van der Waals surface area contributed by atoms with Gasteiger partial charge in [0.2, 0.25) is 0 Å². The second-order valence-electron chi connectivity index (χ2n) is 8.63. The number of anilines is 2. The predicted molar refractivity (Wildman–Crippen MR) is 120 cm³/mol. The lowest BCUT2D eigenvalue weighted by molar-refractivity contribution is -1.01. The summed E-state index contributed by atoms with van der Waals surface area (Å²) in [7, 11) is 0. The first kappa shape index (κ1) is 22.9. The third-order valence-electron chi connectivity index (χ3n) is 5.99. The first-order valence-corrected chi connectivity index (χ1v) is 11.0. The number of nitrogens with one attached hydrogen (secondary N) is 4. The van der Waals surface area contributed by atoms with Gasteiger partial charge in [0.05, 0.1) is 0 Å². The first-order valence-electron chi connectivity index (χ1n) is 11.0. The van der Waals surface area contributed by atoms with Gasteiger partial charge in [-0.05, 0) is 54.8 Å². The van der Waals surface area contributed by atoms with Crippen molar-refractivity contribution >= 4 is 23.2 Å². The number of hydrogen-bond acceptors (Lipinski definition) is 2. The van der Waals surface area contributed by atoms with Crippen LogP contribution in [0.1, 0.15) is 32.3 Å². The maximum Gasteiger partial charge on any atom is 0.282 e. The number of amides is 2. The van der Waals surface area contributed by atoms with Gasteiger partial charge in [0.25, 0.3) is 11.8 Å². The molecule has 2 aromatic carbocycles. The van der Waals surface area contributed by atoms with Crippen molar-refractivity contribution in [2.45, 2.75) is 32.7 Å². The Morgan fingerprint density at radius 1 is 0.871 bits per heavy atom. The van der Waals surface area contributed by atoms with Crippen molar-refractivity contribution in [3.05, 3.63) is 59.9 Å². The largest absolute Gasteiger partial charge is 0.321 e. The summed E-state index contributed by atoms with van der Waals surface area (Å²) in [6.07, 6.45) is 0. The van der Waals surface area contributed by atoms with Gasteiger partial charge in [0.1, 0.15) is 32.0 Å². The molecule has 166 valence electrons. The van der Waals surface area contributed by atoms with E-state index in [2.05, 4.69) is 36.6 Å². The van der Waals surface area contributed by atoms with Crippen LogP contribution in [0.2, 0.25) is 0 Å². The summed E-state index contributed by atoms with van der Waals surface area (Å²) >= 11 is 0. The number of carbonyl (C=O) groups excluding carboxylic acids is 2. The minimum atomic E-state index is -0.326. The molecule has 1 aliphatic rings. The van der Waals surface area contributed by atoms with Crippen molar-refractivity contribution in [3.8, 4) is 0 Å². The molecule has 6 nitrogen and oxygen atoms in total. The van der Waals surface area contributed by atoms with Crippen molar-refractivity contribution in [1.29, 1.82) is 0 Å². The molecule has 1 fully saturated rings. The van der Waals surface area contributed by atoms with Gasteiger partial charge in [-0.3, -0.25) is 9.59 Å². The molecule has 0 aliphatic carbocycles. The van der Waals surface area contributed by atoms with Gasteiger partial charge in [0.15, 0.2) is 12.6 Å². The smallest absolute Gasteiger partial charge is 0.282 e. The molecule has 4 N–H and O–H groups in total. The Hall–Kier alpha value is -2.77. The van der Waals surface area contributed by atoms with E-state index in [-0.39, 0.29) is 23.7 Å². The van der Waals surface area contributed by atoms with Crippen LogP contribution < -0.4 is 20.4 Å². The van der Waals surface area contributed by atoms with Crippen LogP contribution >= 0.6 is 0 Å². The summed E-state index contributed by atoms with van der Waals surface area (Å²) in [6, 6.07) is 13.6. The summed E-state index contributed by atoms with van der Waals surface area (Å²) in [4.78, 5) is 27.4. The van der Waals surface area contributed by atoms with Crippen molar-refractivity contribution in [3.63, 3.8) is 0 Å². The lowest BCUT2D eigenvalue weighted by atomic mass is 10.0. The normalized spacial score (nSPS) is 19.6. The van der Waals surface area contributed by atoms with E-state index in [1.165, 1.54) is 27.5 Å². The van der Waals surface area contributed by atoms with Gasteiger partial charge in [-0.2, -0.15) is 0 Å². The van der Waals surface area contributed by atoms with E-state index >= 15 is 0 Å². The lowest BCUT2D eigenvalue weighted by Crippen LogP contribution is -3.30. The molecule has 1 heterocycles. The molecule has 1 aliphatic heterocycles. The number of carbonyl (C=O) groups is 2. The third-order valence-corrected chi connectivity index (χ3v) is 5.99. The molecule has 0 aromatic heterocycles. The van der Waals surface area contributed by atoms with Crippen LogP contribution in [-0.4, -0.2) is 50.6 Å². The quantitative estimate of drug-likeness (QED) is 0.525. The first-order chi connectivity index (χ1) is 14.8. The van der Waals surface area contributed by atoms with E-state index in [1.54, 1.807) is 12.1 Å². The van der Waals surface area contributed by atoms with Crippen LogP contribution in [0.5, 0.6) is 0 Å². The Labute approximate surface area is 183 Å². The van der Waals surface area contributed by atoms with Crippen LogP contribution in [0.25, 0.3) is 0 Å². The molecule has 0 unspecified atom stereocenters. The van der Waals surface area contributed by atoms with E-state index in [0.717, 1.165) is 31.9 Å². The van der Waals surface area contributed by atoms with Gasteiger partial charge < -0.3 is 20.4 Å². The highest BCUT2D eigenvalue weighted by Gasteiger charge is 2.31. The van der Waals surface area contributed by atoms with Crippen molar-refractivity contribution in [2.75, 3.05) is 43.4 Å². The number of piperazine rings is 1. The summed E-state index contributed by atoms with van der Waals surface area (Å²) in [5, 5.41) is 5.83. The van der Waals surface area contributed by atoms with Crippen LogP contribution in [0.3, 0.4) is 0 Å². The Balaban J connectivity index is 1.43. The summed E-state index contributed by atoms with van der Waals surface area (Å²) in [6.45, 7) is 9.94. The Morgan fingerprint density at radius 2 is 1.42 bits per heavy atom. The molecular formula is C24H33FN4O2+2. The Morgan fingerprint density at radius 3 is 2.00 bits per heavy atom. The zero-order chi connectivity index (χ0) is 22.4. The van der Waals surface area contributed by atoms with Crippen LogP contribution in [0, 0.1) is 5.82 Å². The van der Waals surface area contributed by atoms with Gasteiger partial charge in [-0.15, -0.1) is 0 Å². The summed E-state index contributed by atoms with van der Waals surface area (Å²) in [5.41, 5.74) is 2.67. The molecular weight excluding hydrogens is 395 g/mol. The van der Waals surface area contributed by atoms with E-state index in [9.17, 15) is 14.0 Å². The van der Waals surface area contributed by atoms with Crippen molar-refractivity contribution < 1.29 is 23.8 Å². The fraction of sp³-hybridized carbons (Fsp3) is 0.417. The van der Waals surface area contributed by atoms with Crippen LogP contribution in [-0.2, 0) is 9.59 Å². The number of halogens is 1. The van der Waals surface area contributed by atoms with Gasteiger partial charge in [-0.1, -0.05) is 26.0 Å². The number of hydrogen-bond donors (Lipinski definition) is 4. The highest BCUT2D eigenvalue weighted by molar-refractivity contribution is 5.93. The maximum absolute atomic E-state index is 13.0. The molecule has 0 spiro atoms. The average Bonchev–Trinajstić information content (AvgIpc) is 2.75. The molecule has 1 atom stereocenters. The molecule has 7 heteroatoms. The fourth-order valence-corrected chi connectivity index (χ4v) is 3.89. The number of quaternary nitrogens is 2. The number of benzene rings is 2. The molecule has 1 saturated heterocycles. The second-order valence-corrected chi connectivity index (χ2v) is 8.63. The topological polar surface area (TPSA) is 67.1 Å². The van der Waals surface area contributed by atoms with Crippen molar-refractivity contribution in [2.24, 2.45) is 0 Å². The van der Waals surface area contributed by atoms with E-state index in [1.807, 2.05) is 19.1 Å². The summed E-state index contributed by atoms with van der Waals surface area (Å²) < 4.78 is 13.0. The molecule has 0 radical (unpaired) electrons. The predicted octanol–water partition coefficient (Wildman–Crippen LogP) is 0.698. The molecule has 3 rings (SSSR count). The molecule has 0 bridgehead atoms. The van der Waals surface area contributed by atoms with E-state index in [4.69, 9.17) is 0 Å². The van der Waals surface area contributed by atoms with Crippen molar-refractivity contribution in [1.82, 2.24) is 0 Å². The maximum atomic E-state index is 13.0. The zero-order valence-electron chi connectivity index (χ0n) is 18.5. The average molecular weight is 429 g/mol. The minimum absolute atomic E-state index is 0.0183. The van der Waals surface area contributed by atoms with E-state index < -0.39 is 0 Å². The lowest BCUT2D eigenvalue weighted by Gasteiger charge is -2.32. The van der Waals surface area contributed by atoms with Gasteiger partial charge in [-0.25, -0.2) is 4.39 Å². The molecule has 2 aromatic rings. The molecule has 0 saturated carbocycles. The Bertz CT molecular complexity index is 875. The molecule has 31 heavy (non-hydrogen) atoms. The van der Waals surface area contributed by atoms with Gasteiger partial charge in [0, 0.05) is 11.4 Å². The SMILES string of the molecule is CC(C)c1ccc(NC(=O)[C@H](C)[NH+]2CC[NH+](CC(=O)Nc3ccc(F)cc3)CC2)cc1. The van der Waals surface area contributed by atoms with Crippen LogP contribution in [0.4, 0.5) is 15.8 Å². The Kier molecular flexibility index (Phi) is 7.76. The summed E-state index contributed by atoms with van der Waals surface area (Å²) in [5.74, 6) is 0.0728. The minimum Gasteiger partial charge on any atom is -0.321 e. The highest BCUT2D eigenvalue weighted by Crippen LogP contribution is 2.17. The van der Waals surface area contributed by atoms with Crippen LogP contribution in [0.15, 0.2) is 48.5 Å². The third kappa shape index (κ3) is 6.60. The molecule has 2 amide bonds. The second kappa shape index (κ2) is 10.5.